The highest BCUT2D eigenvalue weighted by atomic mass is 16.6. The number of phenols is 2. The molecule has 0 unspecified atom stereocenters. The zero-order valence-electron chi connectivity index (χ0n) is 12.1. The molecule has 0 heterocycles. The molecule has 0 saturated heterocycles. The average molecular weight is 332 g/mol. The first kappa shape index (κ1) is 16.7. The molecular formula is C14H12N4O6. The van der Waals surface area contributed by atoms with E-state index in [0.29, 0.717) is 5.56 Å². The lowest BCUT2D eigenvalue weighted by molar-refractivity contribution is -0.393. The minimum atomic E-state index is -0.753. The van der Waals surface area contributed by atoms with E-state index < -0.39 is 21.2 Å². The molecule has 0 aromatic heterocycles. The Hall–Kier alpha value is -3.69. The average Bonchev–Trinajstić information content (AvgIpc) is 2.52. The lowest BCUT2D eigenvalue weighted by Gasteiger charge is -2.03. The maximum atomic E-state index is 11.0. The number of hydrogen-bond donors (Lipinski definition) is 3. The largest absolute Gasteiger partial charge is 0.508 e. The Labute approximate surface area is 135 Å². The van der Waals surface area contributed by atoms with E-state index in [1.807, 2.05) is 0 Å². The van der Waals surface area contributed by atoms with Crippen molar-refractivity contribution in [3.05, 3.63) is 62.2 Å². The van der Waals surface area contributed by atoms with Crippen LogP contribution in [0, 0.1) is 20.2 Å². The van der Waals surface area contributed by atoms with Crippen LogP contribution < -0.4 is 5.43 Å². The first-order valence-electron chi connectivity index (χ1n) is 6.59. The zero-order valence-corrected chi connectivity index (χ0v) is 12.1. The Balaban J connectivity index is 2.10. The molecule has 0 aliphatic heterocycles. The van der Waals surface area contributed by atoms with Crippen molar-refractivity contribution < 1.29 is 20.1 Å². The van der Waals surface area contributed by atoms with Gasteiger partial charge in [-0.1, -0.05) is 6.07 Å². The van der Waals surface area contributed by atoms with Crippen molar-refractivity contribution in [1.29, 1.82) is 0 Å². The number of hydrazone groups is 1. The van der Waals surface area contributed by atoms with Gasteiger partial charge in [0.2, 0.25) is 0 Å². The molecule has 0 aliphatic carbocycles. The van der Waals surface area contributed by atoms with Crippen LogP contribution in [0.25, 0.3) is 0 Å². The minimum absolute atomic E-state index is 0.00298. The van der Waals surface area contributed by atoms with E-state index >= 15 is 0 Å². The molecule has 2 aromatic carbocycles. The van der Waals surface area contributed by atoms with Crippen LogP contribution in [0.4, 0.5) is 17.1 Å². The summed E-state index contributed by atoms with van der Waals surface area (Å²) in [6, 6.07) is 7.23. The number of nitro benzene ring substituents is 2. The molecule has 0 saturated carbocycles. The van der Waals surface area contributed by atoms with Gasteiger partial charge >= 0.3 is 5.69 Å². The van der Waals surface area contributed by atoms with Gasteiger partial charge in [0.05, 0.1) is 15.9 Å². The molecule has 0 amide bonds. The zero-order chi connectivity index (χ0) is 17.7. The van der Waals surface area contributed by atoms with Crippen molar-refractivity contribution >= 4 is 23.3 Å². The molecule has 0 aliphatic rings. The van der Waals surface area contributed by atoms with Crippen LogP contribution in [0.2, 0.25) is 0 Å². The highest BCUT2D eigenvalue weighted by Crippen LogP contribution is 2.29. The maximum absolute atomic E-state index is 11.0. The molecule has 0 atom stereocenters. The Kier molecular flexibility index (Phi) is 4.90. The summed E-state index contributed by atoms with van der Waals surface area (Å²) in [6.07, 6.45) is 1.57. The molecule has 10 nitrogen and oxygen atoms in total. The SMILES string of the molecule is O=[N+]([O-])c1ccc(NN=CCc2ccc(O)cc2O)c([N+](=O)[O-])c1. The van der Waals surface area contributed by atoms with E-state index in [-0.39, 0.29) is 23.6 Å². The molecule has 0 fully saturated rings. The van der Waals surface area contributed by atoms with Gasteiger partial charge in [-0.05, 0) is 17.7 Å². The molecule has 2 aromatic rings. The predicted molar refractivity (Wildman–Crippen MR) is 85.3 cm³/mol. The molecule has 2 rings (SSSR count). The third kappa shape index (κ3) is 3.94. The van der Waals surface area contributed by atoms with Crippen LogP contribution >= 0.6 is 0 Å². The van der Waals surface area contributed by atoms with Crippen LogP contribution in [0.5, 0.6) is 11.5 Å². The summed E-state index contributed by atoms with van der Waals surface area (Å²) in [6.45, 7) is 0. The quantitative estimate of drug-likeness (QED) is 0.417. The molecule has 0 bridgehead atoms. The Morgan fingerprint density at radius 2 is 1.83 bits per heavy atom. The van der Waals surface area contributed by atoms with Crippen molar-refractivity contribution in [1.82, 2.24) is 0 Å². The maximum Gasteiger partial charge on any atom is 0.301 e. The van der Waals surface area contributed by atoms with Gasteiger partial charge in [-0.25, -0.2) is 0 Å². The van der Waals surface area contributed by atoms with Crippen LogP contribution in [-0.2, 0) is 6.42 Å². The number of aromatic hydroxyl groups is 2. The highest BCUT2D eigenvalue weighted by molar-refractivity contribution is 5.69. The first-order valence-corrected chi connectivity index (χ1v) is 6.59. The third-order valence-corrected chi connectivity index (χ3v) is 3.05. The molecular weight excluding hydrogens is 320 g/mol. The van der Waals surface area contributed by atoms with Gasteiger partial charge in [0.1, 0.15) is 17.2 Å². The van der Waals surface area contributed by atoms with Gasteiger partial charge in [0.25, 0.3) is 5.69 Å². The number of non-ortho nitro benzene ring substituents is 1. The lowest BCUT2D eigenvalue weighted by atomic mass is 10.1. The highest BCUT2D eigenvalue weighted by Gasteiger charge is 2.19. The van der Waals surface area contributed by atoms with Crippen molar-refractivity contribution in [2.24, 2.45) is 5.10 Å². The second-order valence-corrected chi connectivity index (χ2v) is 4.66. The van der Waals surface area contributed by atoms with Gasteiger partial charge in [-0.15, -0.1) is 0 Å². The van der Waals surface area contributed by atoms with E-state index in [0.717, 1.165) is 12.1 Å². The number of anilines is 1. The summed E-state index contributed by atoms with van der Waals surface area (Å²) in [5, 5.41) is 44.2. The third-order valence-electron chi connectivity index (χ3n) is 3.05. The summed E-state index contributed by atoms with van der Waals surface area (Å²) in [5.74, 6) is -0.185. The molecule has 3 N–H and O–H groups in total. The van der Waals surface area contributed by atoms with E-state index in [4.69, 9.17) is 0 Å². The lowest BCUT2D eigenvalue weighted by Crippen LogP contribution is -1.99. The van der Waals surface area contributed by atoms with Crippen molar-refractivity contribution in [2.45, 2.75) is 6.42 Å². The summed E-state index contributed by atoms with van der Waals surface area (Å²) in [5.41, 5.74) is 2.05. The Morgan fingerprint density at radius 3 is 2.46 bits per heavy atom. The first-order chi connectivity index (χ1) is 11.4. The van der Waals surface area contributed by atoms with Crippen molar-refractivity contribution in [3.8, 4) is 11.5 Å². The van der Waals surface area contributed by atoms with Crippen LogP contribution in [-0.4, -0.2) is 26.3 Å². The number of rotatable bonds is 6. The summed E-state index contributed by atoms with van der Waals surface area (Å²) in [7, 11) is 0. The second kappa shape index (κ2) is 7.05. The fourth-order valence-corrected chi connectivity index (χ4v) is 1.86. The molecule has 0 radical (unpaired) electrons. The van der Waals surface area contributed by atoms with E-state index in [1.165, 1.54) is 30.5 Å². The molecule has 0 spiro atoms. The van der Waals surface area contributed by atoms with Gasteiger partial charge in [0.15, 0.2) is 0 Å². The standard InChI is InChI=1S/C14H12N4O6/c19-11-3-1-9(14(20)8-11)5-6-15-16-12-4-2-10(17(21)22)7-13(12)18(23)24/h1-4,6-8,16,19-20H,5H2. The molecule has 10 heteroatoms. The van der Waals surface area contributed by atoms with E-state index in [2.05, 4.69) is 10.5 Å². The van der Waals surface area contributed by atoms with Gasteiger partial charge in [-0.2, -0.15) is 5.10 Å². The topological polar surface area (TPSA) is 151 Å². The minimum Gasteiger partial charge on any atom is -0.508 e. The smallest absolute Gasteiger partial charge is 0.301 e. The van der Waals surface area contributed by atoms with Crippen molar-refractivity contribution in [2.75, 3.05) is 5.43 Å². The summed E-state index contributed by atoms with van der Waals surface area (Å²) in [4.78, 5) is 20.1. The van der Waals surface area contributed by atoms with Crippen LogP contribution in [0.1, 0.15) is 5.56 Å². The van der Waals surface area contributed by atoms with E-state index in [9.17, 15) is 30.4 Å². The summed E-state index contributed by atoms with van der Waals surface area (Å²) >= 11 is 0. The Morgan fingerprint density at radius 1 is 1.08 bits per heavy atom. The number of benzene rings is 2. The summed E-state index contributed by atoms with van der Waals surface area (Å²) < 4.78 is 0. The fraction of sp³-hybridized carbons (Fsp3) is 0.0714. The monoisotopic (exact) mass is 332 g/mol. The van der Waals surface area contributed by atoms with Gasteiger partial charge < -0.3 is 10.2 Å². The number of phenolic OH excluding ortho intramolecular Hbond substituents is 2. The predicted octanol–water partition coefficient (Wildman–Crippen LogP) is 2.55. The molecule has 124 valence electrons. The number of nitro groups is 2. The number of nitrogens with zero attached hydrogens (tertiary/aromatic N) is 3. The van der Waals surface area contributed by atoms with Gasteiger partial charge in [0, 0.05) is 24.8 Å². The number of hydrogen-bond acceptors (Lipinski definition) is 8. The fourth-order valence-electron chi connectivity index (χ4n) is 1.86. The Bertz CT molecular complexity index is 821. The van der Waals surface area contributed by atoms with Gasteiger partial charge in [-0.3, -0.25) is 25.7 Å². The van der Waals surface area contributed by atoms with E-state index in [1.54, 1.807) is 0 Å². The second-order valence-electron chi connectivity index (χ2n) is 4.66. The van der Waals surface area contributed by atoms with Crippen LogP contribution in [0.3, 0.4) is 0 Å². The normalized spacial score (nSPS) is 10.7. The van der Waals surface area contributed by atoms with Crippen LogP contribution in [0.15, 0.2) is 41.5 Å². The molecule has 24 heavy (non-hydrogen) atoms. The number of nitrogens with one attached hydrogen (secondary N) is 1. The van der Waals surface area contributed by atoms with Crippen molar-refractivity contribution in [3.63, 3.8) is 0 Å².